The van der Waals surface area contributed by atoms with E-state index in [1.54, 1.807) is 30.5 Å². The second-order valence-corrected chi connectivity index (χ2v) is 28.4. The van der Waals surface area contributed by atoms with Gasteiger partial charge in [0.1, 0.15) is 72.6 Å². The van der Waals surface area contributed by atoms with Crippen LogP contribution in [0.4, 0.5) is 0 Å². The van der Waals surface area contributed by atoms with Gasteiger partial charge in [-0.3, -0.25) is 86.3 Å². The number of ether oxygens (including phenoxy) is 2. The number of fused-ring (bicyclic) bond motifs is 1. The zero-order valence-corrected chi connectivity index (χ0v) is 66.4. The van der Waals surface area contributed by atoms with Crippen LogP contribution in [0.25, 0.3) is 10.9 Å². The number of aromatic amines is 1. The number of nitrogens with one attached hydrogen (secondary N) is 13. The Morgan fingerprint density at radius 1 is 0.624 bits per heavy atom. The third-order valence-electron chi connectivity index (χ3n) is 19.0. The fourth-order valence-corrected chi connectivity index (χ4v) is 12.2. The summed E-state index contributed by atoms with van der Waals surface area (Å²) in [6.07, 6.45) is -5.03. The number of methoxy groups -OCH3 is 1. The van der Waals surface area contributed by atoms with E-state index in [0.717, 1.165) is 67.0 Å². The number of hydrogen-bond acceptors (Lipinski definition) is 24. The maximum Gasteiger partial charge on any atom is 0.335 e. The quantitative estimate of drug-likeness (QED) is 0.0220. The van der Waals surface area contributed by atoms with Gasteiger partial charge in [0.15, 0.2) is 12.2 Å². The van der Waals surface area contributed by atoms with Crippen molar-refractivity contribution in [3.63, 3.8) is 0 Å². The Hall–Kier alpha value is -12.0. The maximum absolute atomic E-state index is 15.0. The Bertz CT molecular complexity index is 3880. The monoisotopic (exact) mass is 1660 g/mol. The van der Waals surface area contributed by atoms with Crippen molar-refractivity contribution in [3.05, 3.63) is 36.0 Å². The first kappa shape index (κ1) is 99.2. The van der Waals surface area contributed by atoms with E-state index in [1.807, 2.05) is 10.6 Å². The number of nitrogens with two attached hydrogens (primary N) is 3. The number of carbonyl (C=O) groups excluding carboxylic acids is 16. The summed E-state index contributed by atoms with van der Waals surface area (Å²) in [4.78, 5) is 278. The number of nitrogens with zero attached hydrogens (tertiary/aromatic N) is 1. The number of H-pyrrole nitrogens is 1. The van der Waals surface area contributed by atoms with Crippen LogP contribution in [0.1, 0.15) is 156 Å². The van der Waals surface area contributed by atoms with Gasteiger partial charge in [-0.25, -0.2) is 9.59 Å². The number of aliphatic hydroxyl groups excluding tert-OH is 1. The number of rotatable bonds is 38. The van der Waals surface area contributed by atoms with Gasteiger partial charge in [-0.05, 0) is 76.0 Å². The van der Waals surface area contributed by atoms with E-state index in [9.17, 15) is 117 Å². The lowest BCUT2D eigenvalue weighted by Gasteiger charge is -2.33. The second-order valence-electron chi connectivity index (χ2n) is 28.4. The van der Waals surface area contributed by atoms with Crippen molar-refractivity contribution in [3.8, 4) is 0 Å². The molecule has 1 fully saturated rings. The number of carboxylic acids is 4. The number of cyclic esters (lactones) is 1. The van der Waals surface area contributed by atoms with Crippen LogP contribution in [0.2, 0.25) is 0 Å². The summed E-state index contributed by atoms with van der Waals surface area (Å²) in [7, 11) is 1.70. The zero-order valence-electron chi connectivity index (χ0n) is 66.4. The smallest absolute Gasteiger partial charge is 0.335 e. The number of unbranched alkanes of at least 4 members (excludes halogenated alkanes) is 7. The molecule has 1 aromatic heterocycles. The molecule has 15 amide bonds. The Kier molecular flexibility index (Phi) is 42.2. The molecule has 0 saturated carbocycles. The molecule has 650 valence electrons. The molecule has 0 spiro atoms. The van der Waals surface area contributed by atoms with E-state index in [4.69, 9.17) is 26.7 Å². The number of hydrogen-bond donors (Lipinski definition) is 21. The molecule has 1 saturated heterocycles. The highest BCUT2D eigenvalue weighted by Crippen LogP contribution is 2.22. The van der Waals surface area contributed by atoms with Gasteiger partial charge < -0.3 is 126 Å². The molecule has 117 heavy (non-hydrogen) atoms. The third-order valence-corrected chi connectivity index (χ3v) is 19.0. The molecule has 0 aliphatic carbocycles. The van der Waals surface area contributed by atoms with E-state index >= 15 is 4.79 Å². The lowest BCUT2D eigenvalue weighted by molar-refractivity contribution is -0.159. The molecule has 1 aromatic carbocycles. The van der Waals surface area contributed by atoms with Crippen LogP contribution in [-0.4, -0.2) is 272 Å². The molecule has 0 radical (unpaired) electrons. The molecule has 24 N–H and O–H groups in total. The maximum atomic E-state index is 15.0. The van der Waals surface area contributed by atoms with Gasteiger partial charge in [0.2, 0.25) is 88.6 Å². The topological polar surface area (TPSA) is 702 Å². The lowest BCUT2D eigenvalue weighted by atomic mass is 9.94. The Morgan fingerprint density at radius 3 is 1.82 bits per heavy atom. The number of benzene rings is 1. The van der Waals surface area contributed by atoms with Crippen molar-refractivity contribution < 1.29 is 131 Å². The predicted octanol–water partition coefficient (Wildman–Crippen LogP) is -5.83. The van der Waals surface area contributed by atoms with E-state index in [2.05, 4.69) is 65.1 Å². The summed E-state index contributed by atoms with van der Waals surface area (Å²) in [5.74, 6) is -31.0. The number of aliphatic hydroxyl groups is 1. The highest BCUT2D eigenvalue weighted by Gasteiger charge is 2.44. The lowest BCUT2D eigenvalue weighted by Crippen LogP contribution is -2.64. The first-order valence-electron chi connectivity index (χ1n) is 38.1. The highest BCUT2D eigenvalue weighted by atomic mass is 16.5. The van der Waals surface area contributed by atoms with Crippen molar-refractivity contribution in [1.82, 2.24) is 73.7 Å². The number of para-hydroxylation sites is 1. The molecule has 2 heterocycles. The Balaban J connectivity index is 2.30. The van der Waals surface area contributed by atoms with Crippen LogP contribution >= 0.6 is 0 Å². The fourth-order valence-electron chi connectivity index (χ4n) is 12.2. The Labute approximate surface area is 672 Å². The second kappa shape index (κ2) is 49.7. The van der Waals surface area contributed by atoms with Gasteiger partial charge in [0.25, 0.3) is 0 Å². The minimum Gasteiger partial charge on any atom is -0.481 e. The largest absolute Gasteiger partial charge is 0.481 e. The van der Waals surface area contributed by atoms with E-state index in [0.29, 0.717) is 34.2 Å². The van der Waals surface area contributed by atoms with E-state index in [1.165, 1.54) is 13.8 Å². The number of aliphatic carboxylic acids is 4. The van der Waals surface area contributed by atoms with Crippen molar-refractivity contribution in [2.24, 2.45) is 29.0 Å². The van der Waals surface area contributed by atoms with Crippen LogP contribution in [0.5, 0.6) is 0 Å². The zero-order chi connectivity index (χ0) is 88.1. The first-order chi connectivity index (χ1) is 55.1. The highest BCUT2D eigenvalue weighted by molar-refractivity contribution is 6.03. The molecular formula is C73H111N17O27. The summed E-state index contributed by atoms with van der Waals surface area (Å²) >= 11 is 0. The van der Waals surface area contributed by atoms with Crippen LogP contribution < -0.4 is 81.0 Å². The third kappa shape index (κ3) is 33.4. The predicted molar refractivity (Wildman–Crippen MR) is 408 cm³/mol. The summed E-state index contributed by atoms with van der Waals surface area (Å²) < 4.78 is 10.8. The number of likely N-dealkylation sites (N-methyl/N-ethyl adjacent to an activating group) is 1. The SMILES string of the molecule is CCCCCCCCCC(=O)N[C@@H](Cc1c[nH]c2ccccc12)C(=O)N[C@H](CCC(=O)O)C(=O)N[C@H](C(=O)N[C@@H]1C(=O)N(C)CC(=O)N[C@@H](C)C(=O)N[C@@H](CC(=O)O)C(=O)N[C@H](CCCCN)C(=O)N[C@@H]([C@H](OC)C(=O)O)C(=O)NCC(=O)N[C@H](CC(N)=O)C(=O)N[C@@H]([C@H](C)CC(=O)O)C(=O)N[C@@H]([C@@H](C)CC)C(=O)O[C@H]1C)[C@H](O)C(N)=O. The van der Waals surface area contributed by atoms with Crippen LogP contribution in [0, 0.1) is 11.8 Å². The average Bonchev–Trinajstić information content (AvgIpc) is 1.76. The van der Waals surface area contributed by atoms with Crippen LogP contribution in [0.3, 0.4) is 0 Å². The van der Waals surface area contributed by atoms with Crippen molar-refractivity contribution in [2.45, 2.75) is 242 Å². The average molecular weight is 1660 g/mol. The molecular weight excluding hydrogens is 1550 g/mol. The summed E-state index contributed by atoms with van der Waals surface area (Å²) in [5.41, 5.74) is 17.8. The van der Waals surface area contributed by atoms with Gasteiger partial charge in [-0.15, -0.1) is 0 Å². The number of aromatic nitrogens is 1. The molecule has 3 rings (SSSR count). The number of primary amides is 2. The van der Waals surface area contributed by atoms with Gasteiger partial charge >= 0.3 is 29.8 Å². The van der Waals surface area contributed by atoms with Gasteiger partial charge in [-0.1, -0.05) is 90.8 Å². The Morgan fingerprint density at radius 2 is 1.22 bits per heavy atom. The van der Waals surface area contributed by atoms with Crippen LogP contribution in [0.15, 0.2) is 30.5 Å². The van der Waals surface area contributed by atoms with Gasteiger partial charge in [0.05, 0.1) is 32.4 Å². The van der Waals surface area contributed by atoms with Gasteiger partial charge in [0, 0.05) is 50.5 Å². The number of carbonyl (C=O) groups is 20. The molecule has 1 aliphatic heterocycles. The fraction of sp³-hybridized carbons (Fsp3) is 0.616. The van der Waals surface area contributed by atoms with Crippen molar-refractivity contribution in [2.75, 3.05) is 33.8 Å². The molecule has 1 aliphatic rings. The van der Waals surface area contributed by atoms with Crippen LogP contribution in [-0.2, 0) is 112 Å². The van der Waals surface area contributed by atoms with E-state index in [-0.39, 0.29) is 45.1 Å². The van der Waals surface area contributed by atoms with Crippen molar-refractivity contribution >= 4 is 129 Å². The standard InChI is InChI=1S/C73H111N17O27/c1-9-11-12-13-14-15-16-24-48(92)80-44(29-39-32-77-41-22-18-17-21-40(39)41)65(106)83-43(25-26-51(95)96)64(105)88-57(59(101)61(76)102)70(111)87-56-38(6)117-73(115)55(35(3)10-2)86-69(110)54(36(4)28-52(97)98)85-67(108)45(30-47(75)91)81-49(93)33-78-68(109)58(60(116-8)72(113)114)89-63(104)42(23-19-20-27-74)82-66(107)46(31-53(99)100)84-62(103)37(5)79-50(94)34-90(7)71(56)112/h17-18,21-22,32,35-38,42-46,54-60,77,101H,9-16,19-20,23-31,33-34,74H2,1-8H3,(H2,75,91)(H2,76,102)(H,78,109)(H,79,94)(H,80,92)(H,81,93)(H,82,107)(H,83,106)(H,84,103)(H,85,108)(H,86,110)(H,87,111)(H,88,105)(H,89,104)(H,95,96)(H,97,98)(H,99,100)(H,113,114)/t35-,36+,37-,38-,42+,43+,44-,45+,46-,54-,55-,56-,57-,58-,59-,60-/m0/s1. The number of amides is 15. The molecule has 44 nitrogen and oxygen atoms in total. The normalized spacial score (nSPS) is 22.0. The van der Waals surface area contributed by atoms with Crippen molar-refractivity contribution in [1.29, 1.82) is 0 Å². The summed E-state index contributed by atoms with van der Waals surface area (Å²) in [6.45, 7) is 5.66. The molecule has 2 aromatic rings. The minimum absolute atomic E-state index is 0.00460. The minimum atomic E-state index is -2.80. The molecule has 44 heteroatoms. The van der Waals surface area contributed by atoms with Gasteiger partial charge in [-0.2, -0.15) is 0 Å². The number of esters is 1. The molecule has 0 unspecified atom stereocenters. The first-order valence-corrected chi connectivity index (χ1v) is 38.1. The molecule has 16 atom stereocenters. The van der Waals surface area contributed by atoms with E-state index < -0.39 is 260 Å². The molecule has 0 bridgehead atoms. The summed E-state index contributed by atoms with van der Waals surface area (Å²) in [5, 5.41) is 78.4. The number of carboxylic acid groups (broad SMARTS) is 4. The summed E-state index contributed by atoms with van der Waals surface area (Å²) in [6, 6.07) is -15.7.